The number of aliphatic hydroxyl groups is 1. The van der Waals surface area contributed by atoms with E-state index in [4.69, 9.17) is 0 Å². The van der Waals surface area contributed by atoms with E-state index < -0.39 is 10.8 Å². The fourth-order valence-corrected chi connectivity index (χ4v) is 4.19. The number of nitrogens with zero attached hydrogens (tertiary/aromatic N) is 4. The molecule has 2 atom stereocenters. The number of hydrogen-bond donors (Lipinski definition) is 2. The highest BCUT2D eigenvalue weighted by Gasteiger charge is 2.17. The second-order valence-corrected chi connectivity index (χ2v) is 8.90. The third-order valence-corrected chi connectivity index (χ3v) is 6.16. The summed E-state index contributed by atoms with van der Waals surface area (Å²) in [5.41, 5.74) is 3.82. The van der Waals surface area contributed by atoms with Crippen molar-refractivity contribution in [2.24, 2.45) is 0 Å². The average Bonchev–Trinajstić information content (AvgIpc) is 3.26. The molecule has 3 heterocycles. The minimum absolute atomic E-state index is 0.0594. The molecule has 4 aromatic rings. The van der Waals surface area contributed by atoms with Gasteiger partial charge in [-0.2, -0.15) is 5.10 Å². The molecule has 170 valence electrons. The molecular formula is C24H24FN5O2S. The van der Waals surface area contributed by atoms with Crippen molar-refractivity contribution in [3.8, 4) is 5.69 Å². The largest absolute Gasteiger partial charge is 0.396 e. The van der Waals surface area contributed by atoms with E-state index in [0.29, 0.717) is 23.6 Å². The molecule has 0 aliphatic heterocycles. The Labute approximate surface area is 193 Å². The van der Waals surface area contributed by atoms with Crippen molar-refractivity contribution in [3.63, 3.8) is 0 Å². The molecule has 9 heteroatoms. The second-order valence-electron chi connectivity index (χ2n) is 7.58. The monoisotopic (exact) mass is 465 g/mol. The van der Waals surface area contributed by atoms with Gasteiger partial charge in [-0.05, 0) is 54.8 Å². The molecule has 33 heavy (non-hydrogen) atoms. The van der Waals surface area contributed by atoms with E-state index in [0.717, 1.165) is 27.7 Å². The third-order valence-electron chi connectivity index (χ3n) is 5.35. The van der Waals surface area contributed by atoms with Crippen molar-refractivity contribution in [1.29, 1.82) is 0 Å². The summed E-state index contributed by atoms with van der Waals surface area (Å²) in [6, 6.07) is 9.60. The van der Waals surface area contributed by atoms with Crippen LogP contribution in [0.1, 0.15) is 30.0 Å². The normalized spacial score (nSPS) is 13.1. The van der Waals surface area contributed by atoms with Crippen LogP contribution in [0.25, 0.3) is 22.3 Å². The lowest BCUT2D eigenvalue weighted by Crippen LogP contribution is -2.20. The first-order valence-corrected chi connectivity index (χ1v) is 12.0. The van der Waals surface area contributed by atoms with Gasteiger partial charge in [0.25, 0.3) is 0 Å². The number of hydrogen-bond acceptors (Lipinski definition) is 6. The molecule has 0 amide bonds. The van der Waals surface area contributed by atoms with Crippen LogP contribution in [0.4, 0.5) is 4.39 Å². The maximum atomic E-state index is 13.3. The number of fused-ring (bicyclic) bond motifs is 1. The SMILES string of the molecule is C=C(NC(CCCO)c1ccnc(S(C)=O)c1)c1cncc2c1cnn2-c1ccc(F)cc1. The number of halogens is 1. The summed E-state index contributed by atoms with van der Waals surface area (Å²) in [5.74, 6) is -0.313. The molecule has 0 fully saturated rings. The van der Waals surface area contributed by atoms with Crippen molar-refractivity contribution >= 4 is 27.4 Å². The summed E-state index contributed by atoms with van der Waals surface area (Å²) in [4.78, 5) is 8.54. The van der Waals surface area contributed by atoms with E-state index in [1.54, 1.807) is 47.9 Å². The third kappa shape index (κ3) is 4.99. The van der Waals surface area contributed by atoms with Crippen LogP contribution in [0.15, 0.2) is 72.8 Å². The smallest absolute Gasteiger partial charge is 0.127 e. The molecule has 2 unspecified atom stereocenters. The Kier molecular flexibility index (Phi) is 6.90. The zero-order valence-electron chi connectivity index (χ0n) is 18.1. The fourth-order valence-electron chi connectivity index (χ4n) is 3.67. The van der Waals surface area contributed by atoms with Crippen LogP contribution in [0.3, 0.4) is 0 Å². The minimum Gasteiger partial charge on any atom is -0.396 e. The highest BCUT2D eigenvalue weighted by Crippen LogP contribution is 2.28. The predicted octanol–water partition coefficient (Wildman–Crippen LogP) is 3.77. The van der Waals surface area contributed by atoms with Gasteiger partial charge >= 0.3 is 0 Å². The van der Waals surface area contributed by atoms with Gasteiger partial charge in [-0.25, -0.2) is 14.1 Å². The van der Waals surface area contributed by atoms with Crippen LogP contribution in [0.2, 0.25) is 0 Å². The first-order chi connectivity index (χ1) is 16.0. The fraction of sp³-hybridized carbons (Fsp3) is 0.208. The summed E-state index contributed by atoms with van der Waals surface area (Å²) < 4.78 is 26.9. The van der Waals surface area contributed by atoms with Gasteiger partial charge in [0, 0.05) is 41.9 Å². The summed E-state index contributed by atoms with van der Waals surface area (Å²) in [6.07, 6.45) is 9.62. The zero-order valence-corrected chi connectivity index (χ0v) is 18.9. The Balaban J connectivity index is 1.66. The van der Waals surface area contributed by atoms with E-state index >= 15 is 0 Å². The zero-order chi connectivity index (χ0) is 23.4. The van der Waals surface area contributed by atoms with Crippen LogP contribution in [-0.2, 0) is 10.8 Å². The van der Waals surface area contributed by atoms with E-state index in [1.807, 2.05) is 12.1 Å². The molecule has 1 aromatic carbocycles. The maximum Gasteiger partial charge on any atom is 0.127 e. The van der Waals surface area contributed by atoms with Gasteiger partial charge in [0.2, 0.25) is 0 Å². The molecule has 0 aliphatic rings. The number of pyridine rings is 2. The van der Waals surface area contributed by atoms with E-state index in [1.165, 1.54) is 12.1 Å². The van der Waals surface area contributed by atoms with Crippen LogP contribution in [0, 0.1) is 5.82 Å². The Hall–Kier alpha value is -3.43. The molecule has 0 radical (unpaired) electrons. The lowest BCUT2D eigenvalue weighted by Gasteiger charge is -2.22. The predicted molar refractivity (Wildman–Crippen MR) is 127 cm³/mol. The van der Waals surface area contributed by atoms with Crippen LogP contribution in [0.5, 0.6) is 0 Å². The quantitative estimate of drug-likeness (QED) is 0.391. The first kappa shape index (κ1) is 22.8. The van der Waals surface area contributed by atoms with Gasteiger partial charge in [-0.1, -0.05) is 6.58 Å². The second kappa shape index (κ2) is 10.0. The molecule has 3 aromatic heterocycles. The standard InChI is InChI=1S/C24H24FN5O2S/c1-16(29-22(4-3-11-31)17-9-10-27-24(12-17)33(2)32)20-13-26-15-23-21(20)14-28-30(23)19-7-5-18(25)6-8-19/h5-10,12-15,22,29,31H,1,3-4,11H2,2H3. The van der Waals surface area contributed by atoms with E-state index in [9.17, 15) is 13.7 Å². The molecule has 0 saturated heterocycles. The molecule has 7 nitrogen and oxygen atoms in total. The van der Waals surface area contributed by atoms with Crippen LogP contribution < -0.4 is 5.32 Å². The van der Waals surface area contributed by atoms with Gasteiger partial charge in [-0.15, -0.1) is 0 Å². The lowest BCUT2D eigenvalue weighted by atomic mass is 10.0. The van der Waals surface area contributed by atoms with Crippen molar-refractivity contribution in [2.45, 2.75) is 23.9 Å². The van der Waals surface area contributed by atoms with Gasteiger partial charge in [0.05, 0.1) is 40.4 Å². The highest BCUT2D eigenvalue weighted by atomic mass is 32.2. The van der Waals surface area contributed by atoms with Crippen molar-refractivity contribution in [2.75, 3.05) is 12.9 Å². The number of rotatable bonds is 9. The number of aromatic nitrogens is 4. The molecule has 4 rings (SSSR count). The Morgan fingerprint density at radius 3 is 2.76 bits per heavy atom. The van der Waals surface area contributed by atoms with Gasteiger partial charge in [0.15, 0.2) is 0 Å². The molecule has 0 spiro atoms. The van der Waals surface area contributed by atoms with Gasteiger partial charge < -0.3 is 10.4 Å². The van der Waals surface area contributed by atoms with Crippen LogP contribution in [-0.4, -0.2) is 41.9 Å². The first-order valence-electron chi connectivity index (χ1n) is 10.4. The Morgan fingerprint density at radius 1 is 1.24 bits per heavy atom. The summed E-state index contributed by atoms with van der Waals surface area (Å²) >= 11 is 0. The summed E-state index contributed by atoms with van der Waals surface area (Å²) in [7, 11) is -1.20. The number of benzene rings is 1. The van der Waals surface area contributed by atoms with Crippen molar-refractivity contribution < 1.29 is 13.7 Å². The Bertz CT molecular complexity index is 1310. The maximum absolute atomic E-state index is 13.3. The number of nitrogens with one attached hydrogen (secondary N) is 1. The molecule has 0 aliphatic carbocycles. The molecule has 0 saturated carbocycles. The van der Waals surface area contributed by atoms with Crippen molar-refractivity contribution in [1.82, 2.24) is 25.1 Å². The van der Waals surface area contributed by atoms with Crippen LogP contribution >= 0.6 is 0 Å². The minimum atomic E-state index is -1.20. The van der Waals surface area contributed by atoms with Gasteiger partial charge in [-0.3, -0.25) is 9.19 Å². The molecule has 0 bridgehead atoms. The highest BCUT2D eigenvalue weighted by molar-refractivity contribution is 7.84. The van der Waals surface area contributed by atoms with E-state index in [2.05, 4.69) is 27.0 Å². The van der Waals surface area contributed by atoms with E-state index in [-0.39, 0.29) is 18.5 Å². The average molecular weight is 466 g/mol. The lowest BCUT2D eigenvalue weighted by molar-refractivity contribution is 0.277. The Morgan fingerprint density at radius 2 is 2.03 bits per heavy atom. The summed E-state index contributed by atoms with van der Waals surface area (Å²) in [6.45, 7) is 4.28. The molecular weight excluding hydrogens is 441 g/mol. The van der Waals surface area contributed by atoms with Crippen molar-refractivity contribution in [3.05, 3.63) is 84.7 Å². The van der Waals surface area contributed by atoms with Gasteiger partial charge in [0.1, 0.15) is 10.8 Å². The number of aliphatic hydroxyl groups excluding tert-OH is 1. The summed E-state index contributed by atoms with van der Waals surface area (Å²) in [5, 5.41) is 18.6. The molecule has 2 N–H and O–H groups in total. The topological polar surface area (TPSA) is 92.9 Å².